The summed E-state index contributed by atoms with van der Waals surface area (Å²) < 4.78 is 0. The average molecular weight is 297 g/mol. The van der Waals surface area contributed by atoms with E-state index in [4.69, 9.17) is 0 Å². The predicted molar refractivity (Wildman–Crippen MR) is 89.5 cm³/mol. The fourth-order valence-corrected chi connectivity index (χ4v) is 3.23. The summed E-state index contributed by atoms with van der Waals surface area (Å²) in [6, 6.07) is 0. The Bertz CT molecular complexity index is 273. The predicted octanol–water partition coefficient (Wildman–Crippen LogP) is 2.35. The maximum atomic E-state index is 12.0. The molecule has 0 unspecified atom stereocenters. The van der Waals surface area contributed by atoms with E-state index < -0.39 is 0 Å². The first-order chi connectivity index (χ1) is 10.2. The van der Waals surface area contributed by atoms with Gasteiger partial charge in [0.05, 0.1) is 0 Å². The van der Waals surface area contributed by atoms with E-state index in [0.717, 1.165) is 32.0 Å². The van der Waals surface area contributed by atoms with E-state index in [2.05, 4.69) is 31.0 Å². The highest BCUT2D eigenvalue weighted by molar-refractivity contribution is 5.76. The largest absolute Gasteiger partial charge is 0.343 e. The van der Waals surface area contributed by atoms with Crippen LogP contribution in [0.2, 0.25) is 0 Å². The van der Waals surface area contributed by atoms with Gasteiger partial charge in [-0.3, -0.25) is 4.79 Å². The van der Waals surface area contributed by atoms with E-state index in [0.29, 0.717) is 12.3 Å². The summed E-state index contributed by atoms with van der Waals surface area (Å²) >= 11 is 0. The maximum absolute atomic E-state index is 12.0. The van der Waals surface area contributed by atoms with E-state index in [1.807, 2.05) is 4.90 Å². The van der Waals surface area contributed by atoms with Gasteiger partial charge in [-0.2, -0.15) is 0 Å². The number of rotatable bonds is 10. The van der Waals surface area contributed by atoms with E-state index in [-0.39, 0.29) is 0 Å². The Morgan fingerprint density at radius 2 is 1.76 bits per heavy atom. The van der Waals surface area contributed by atoms with Crippen LogP contribution in [0.5, 0.6) is 0 Å². The number of nitrogens with zero attached hydrogens (tertiary/aromatic N) is 2. The fourth-order valence-electron chi connectivity index (χ4n) is 3.23. The monoisotopic (exact) mass is 297 g/mol. The molecule has 0 spiro atoms. The van der Waals surface area contributed by atoms with Crippen molar-refractivity contribution in [3.8, 4) is 0 Å². The zero-order valence-electron chi connectivity index (χ0n) is 14.4. The van der Waals surface area contributed by atoms with Gasteiger partial charge in [-0.25, -0.2) is 0 Å². The number of carbonyl (C=O) groups excluding carboxylic acids is 1. The van der Waals surface area contributed by atoms with Gasteiger partial charge in [0.2, 0.25) is 5.91 Å². The second-order valence-corrected chi connectivity index (χ2v) is 6.16. The summed E-state index contributed by atoms with van der Waals surface area (Å²) in [4.78, 5) is 16.6. The van der Waals surface area contributed by atoms with Gasteiger partial charge in [0.1, 0.15) is 0 Å². The van der Waals surface area contributed by atoms with E-state index in [1.165, 1.54) is 45.4 Å². The SMILES string of the molecule is CCCN(CCCC(=O)N(CC)CC)CC1CCNCC1. The Hall–Kier alpha value is -0.610. The van der Waals surface area contributed by atoms with Gasteiger partial charge < -0.3 is 15.1 Å². The molecule has 1 N–H and O–H groups in total. The van der Waals surface area contributed by atoms with Crippen molar-refractivity contribution in [3.05, 3.63) is 0 Å². The number of hydrogen-bond donors (Lipinski definition) is 1. The molecule has 0 aliphatic carbocycles. The van der Waals surface area contributed by atoms with E-state index in [1.54, 1.807) is 0 Å². The summed E-state index contributed by atoms with van der Waals surface area (Å²) in [5.41, 5.74) is 0. The van der Waals surface area contributed by atoms with Crippen molar-refractivity contribution in [2.75, 3.05) is 45.8 Å². The lowest BCUT2D eigenvalue weighted by Gasteiger charge is -2.30. The molecule has 0 saturated carbocycles. The smallest absolute Gasteiger partial charge is 0.222 e. The molecule has 1 heterocycles. The Morgan fingerprint density at radius 3 is 2.33 bits per heavy atom. The molecule has 0 aromatic heterocycles. The van der Waals surface area contributed by atoms with Gasteiger partial charge in [0, 0.05) is 26.1 Å². The molecule has 1 aliphatic rings. The molecule has 0 aromatic carbocycles. The minimum absolute atomic E-state index is 0.318. The summed E-state index contributed by atoms with van der Waals surface area (Å²) in [6.45, 7) is 13.8. The molecule has 0 radical (unpaired) electrons. The first-order valence-corrected chi connectivity index (χ1v) is 8.92. The molecule has 0 bridgehead atoms. The molecule has 0 atom stereocenters. The van der Waals surface area contributed by atoms with Crippen molar-refractivity contribution < 1.29 is 4.79 Å². The molecule has 1 saturated heterocycles. The zero-order chi connectivity index (χ0) is 15.5. The van der Waals surface area contributed by atoms with Gasteiger partial charge in [0.15, 0.2) is 0 Å². The van der Waals surface area contributed by atoms with Gasteiger partial charge in [-0.05, 0) is 71.6 Å². The number of carbonyl (C=O) groups is 1. The van der Waals surface area contributed by atoms with E-state index >= 15 is 0 Å². The molecule has 4 nitrogen and oxygen atoms in total. The standard InChI is InChI=1S/C17H35N3O/c1-4-13-19(15-16-9-11-18-12-10-16)14-7-8-17(21)20(5-2)6-3/h16,18H,4-15H2,1-3H3. The number of nitrogens with one attached hydrogen (secondary N) is 1. The summed E-state index contributed by atoms with van der Waals surface area (Å²) in [7, 11) is 0. The van der Waals surface area contributed by atoms with Crippen molar-refractivity contribution in [1.82, 2.24) is 15.1 Å². The van der Waals surface area contributed by atoms with Crippen molar-refractivity contribution >= 4 is 5.91 Å². The number of piperidine rings is 1. The van der Waals surface area contributed by atoms with Crippen LogP contribution in [0.3, 0.4) is 0 Å². The Kier molecular flexibility index (Phi) is 9.68. The Morgan fingerprint density at radius 1 is 1.10 bits per heavy atom. The van der Waals surface area contributed by atoms with Crippen LogP contribution in [0.1, 0.15) is 52.9 Å². The van der Waals surface area contributed by atoms with Gasteiger partial charge in [-0.1, -0.05) is 6.92 Å². The maximum Gasteiger partial charge on any atom is 0.222 e. The van der Waals surface area contributed by atoms with Crippen LogP contribution >= 0.6 is 0 Å². The molecule has 4 heteroatoms. The van der Waals surface area contributed by atoms with Crippen molar-refractivity contribution in [2.24, 2.45) is 5.92 Å². The molecule has 21 heavy (non-hydrogen) atoms. The third kappa shape index (κ3) is 7.28. The Labute approximate surface area is 131 Å². The molecular weight excluding hydrogens is 262 g/mol. The van der Waals surface area contributed by atoms with Gasteiger partial charge in [0.25, 0.3) is 0 Å². The second-order valence-electron chi connectivity index (χ2n) is 6.16. The first-order valence-electron chi connectivity index (χ1n) is 8.92. The summed E-state index contributed by atoms with van der Waals surface area (Å²) in [6.07, 6.45) is 5.51. The van der Waals surface area contributed by atoms with Crippen LogP contribution in [0.4, 0.5) is 0 Å². The fraction of sp³-hybridized carbons (Fsp3) is 0.941. The number of hydrogen-bond acceptors (Lipinski definition) is 3. The van der Waals surface area contributed by atoms with Crippen LogP contribution in [0.25, 0.3) is 0 Å². The minimum Gasteiger partial charge on any atom is -0.343 e. The highest BCUT2D eigenvalue weighted by Crippen LogP contribution is 2.14. The molecule has 1 amide bonds. The minimum atomic E-state index is 0.318. The van der Waals surface area contributed by atoms with Crippen LogP contribution in [0, 0.1) is 5.92 Å². The van der Waals surface area contributed by atoms with Crippen molar-refractivity contribution in [3.63, 3.8) is 0 Å². The molecular formula is C17H35N3O. The lowest BCUT2D eigenvalue weighted by atomic mass is 9.97. The van der Waals surface area contributed by atoms with E-state index in [9.17, 15) is 4.79 Å². The molecule has 1 fully saturated rings. The van der Waals surface area contributed by atoms with Crippen LogP contribution in [-0.4, -0.2) is 61.5 Å². The second kappa shape index (κ2) is 11.0. The quantitative estimate of drug-likeness (QED) is 0.672. The molecule has 124 valence electrons. The highest BCUT2D eigenvalue weighted by atomic mass is 16.2. The van der Waals surface area contributed by atoms with Crippen LogP contribution < -0.4 is 5.32 Å². The highest BCUT2D eigenvalue weighted by Gasteiger charge is 2.17. The van der Waals surface area contributed by atoms with Crippen molar-refractivity contribution in [2.45, 2.75) is 52.9 Å². The first kappa shape index (κ1) is 18.4. The molecule has 1 aliphatic heterocycles. The van der Waals surface area contributed by atoms with Crippen LogP contribution in [-0.2, 0) is 4.79 Å². The summed E-state index contributed by atoms with van der Waals surface area (Å²) in [5, 5.41) is 3.43. The normalized spacial score (nSPS) is 16.4. The molecule has 1 rings (SSSR count). The lowest BCUT2D eigenvalue weighted by molar-refractivity contribution is -0.131. The third-order valence-corrected chi connectivity index (χ3v) is 4.50. The van der Waals surface area contributed by atoms with Gasteiger partial charge in [-0.15, -0.1) is 0 Å². The third-order valence-electron chi connectivity index (χ3n) is 4.50. The van der Waals surface area contributed by atoms with Crippen molar-refractivity contribution in [1.29, 1.82) is 0 Å². The number of amides is 1. The van der Waals surface area contributed by atoms with Crippen LogP contribution in [0.15, 0.2) is 0 Å². The topological polar surface area (TPSA) is 35.6 Å². The molecule has 0 aromatic rings. The summed E-state index contributed by atoms with van der Waals surface area (Å²) in [5.74, 6) is 1.16. The van der Waals surface area contributed by atoms with Gasteiger partial charge >= 0.3 is 0 Å². The lowest BCUT2D eigenvalue weighted by Crippen LogP contribution is -2.37. The Balaban J connectivity index is 2.28. The zero-order valence-corrected chi connectivity index (χ0v) is 14.4. The average Bonchev–Trinajstić information content (AvgIpc) is 2.49.